The van der Waals surface area contributed by atoms with Crippen molar-refractivity contribution in [2.75, 3.05) is 0 Å². The van der Waals surface area contributed by atoms with Crippen LogP contribution in [-0.4, -0.2) is 111 Å². The molecule has 0 bridgehead atoms. The summed E-state index contributed by atoms with van der Waals surface area (Å²) >= 11 is 0. The van der Waals surface area contributed by atoms with Crippen LogP contribution in [-0.2, 0) is 0 Å². The Morgan fingerprint density at radius 2 is 1.00 bits per heavy atom. The van der Waals surface area contributed by atoms with Crippen LogP contribution in [0.2, 0.25) is 0 Å². The van der Waals surface area contributed by atoms with Gasteiger partial charge in [-0.05, 0) is 0 Å². The molecule has 0 saturated carbocycles. The Morgan fingerprint density at radius 1 is 1.00 bits per heavy atom. The van der Waals surface area contributed by atoms with Crippen molar-refractivity contribution in [3.05, 3.63) is 0 Å². The molecular formula is H5BaKO2. The van der Waals surface area contributed by atoms with Crippen LogP contribution in [0.4, 0.5) is 0 Å². The molecular weight excluding hydrogens is 208 g/mol. The van der Waals surface area contributed by atoms with Crippen LogP contribution >= 0.6 is 0 Å². The van der Waals surface area contributed by atoms with Crippen LogP contribution in [0.1, 0.15) is 0 Å². The Labute approximate surface area is 107 Å². The van der Waals surface area contributed by atoms with Gasteiger partial charge in [-0.3, -0.25) is 10.5 Å². The number of hydrogen-bond acceptors (Lipinski definition) is 2. The Kier molecular flexibility index (Phi) is 64.7. The predicted molar refractivity (Wildman–Crippen MR) is 21.0 cm³/mol. The molecule has 2 N–H and O–H groups in total. The second-order valence-electron chi connectivity index (χ2n) is 0. The maximum atomic E-state index is 6.00. The van der Waals surface area contributed by atoms with Gasteiger partial charge in [0.2, 0.25) is 0 Å². The molecule has 0 rings (SSSR count). The van der Waals surface area contributed by atoms with Crippen molar-refractivity contribution in [3.63, 3.8) is 0 Å². The molecule has 0 unspecified atom stereocenters. The molecule has 0 aliphatic carbocycles. The quantitative estimate of drug-likeness (QED) is 0.291. The van der Waals surface area contributed by atoms with Gasteiger partial charge in [0.05, 0.1) is 0 Å². The van der Waals surface area contributed by atoms with Crippen molar-refractivity contribution >= 4 is 100 Å². The summed E-state index contributed by atoms with van der Waals surface area (Å²) in [4.78, 5) is 0. The molecule has 0 amide bonds. The van der Waals surface area contributed by atoms with Crippen LogP contribution in [0.3, 0.4) is 0 Å². The van der Waals surface area contributed by atoms with Gasteiger partial charge in [-0.25, -0.2) is 0 Å². The topological polar surface area (TPSA) is 40.5 Å². The average molecular weight is 213 g/mol. The van der Waals surface area contributed by atoms with Crippen LogP contribution in [0.15, 0.2) is 0 Å². The third kappa shape index (κ3) is 8.93. The van der Waals surface area contributed by atoms with E-state index in [9.17, 15) is 0 Å². The average Bonchev–Trinajstić information content (AvgIpc) is 1.00. The summed E-state index contributed by atoms with van der Waals surface area (Å²) in [5, 5.41) is 12.0. The van der Waals surface area contributed by atoms with E-state index in [-0.39, 0.29) is 100 Å². The summed E-state index contributed by atoms with van der Waals surface area (Å²) < 4.78 is 0. The van der Waals surface area contributed by atoms with Crippen LogP contribution in [0.5, 0.6) is 0 Å². The van der Waals surface area contributed by atoms with E-state index in [2.05, 4.69) is 0 Å². The fourth-order valence-electron chi connectivity index (χ4n) is 0. The summed E-state index contributed by atoms with van der Waals surface area (Å²) in [6.07, 6.45) is 0. The van der Waals surface area contributed by atoms with E-state index in [4.69, 9.17) is 10.5 Å². The molecule has 0 heterocycles. The van der Waals surface area contributed by atoms with Gasteiger partial charge in [0.25, 0.3) is 0 Å². The molecule has 0 fully saturated rings. The zero-order chi connectivity index (χ0) is 2.00. The SMILES string of the molecule is OO.[BaH2].[KH]. The number of hydrogen-bond donors (Lipinski definition) is 2. The minimum atomic E-state index is 0. The van der Waals surface area contributed by atoms with Crippen LogP contribution in [0.25, 0.3) is 0 Å². The molecule has 20 valence electrons. The second kappa shape index (κ2) is 16.5. The maximum absolute atomic E-state index is 6.00. The van der Waals surface area contributed by atoms with Crippen LogP contribution in [0, 0.1) is 0 Å². The predicted octanol–water partition coefficient (Wildman–Crippen LogP) is -1.55. The van der Waals surface area contributed by atoms with E-state index in [0.717, 1.165) is 0 Å². The van der Waals surface area contributed by atoms with E-state index in [1.807, 2.05) is 0 Å². The van der Waals surface area contributed by atoms with Crippen molar-refractivity contribution in [3.8, 4) is 0 Å². The summed E-state index contributed by atoms with van der Waals surface area (Å²) in [5.74, 6) is 0. The van der Waals surface area contributed by atoms with Crippen molar-refractivity contribution < 1.29 is 10.5 Å². The second-order valence-corrected chi connectivity index (χ2v) is 0. The van der Waals surface area contributed by atoms with Crippen molar-refractivity contribution in [2.24, 2.45) is 0 Å². The first-order valence-corrected chi connectivity index (χ1v) is 0.200. The summed E-state index contributed by atoms with van der Waals surface area (Å²) in [7, 11) is 0. The third-order valence-corrected chi connectivity index (χ3v) is 0. The first-order valence-electron chi connectivity index (χ1n) is 0.200. The van der Waals surface area contributed by atoms with Gasteiger partial charge in [0, 0.05) is 0 Å². The van der Waals surface area contributed by atoms with Gasteiger partial charge in [0.1, 0.15) is 0 Å². The van der Waals surface area contributed by atoms with Crippen LogP contribution < -0.4 is 0 Å². The van der Waals surface area contributed by atoms with E-state index < -0.39 is 0 Å². The van der Waals surface area contributed by atoms with E-state index >= 15 is 0 Å². The summed E-state index contributed by atoms with van der Waals surface area (Å²) in [6, 6.07) is 0. The molecule has 0 aliphatic rings. The third-order valence-electron chi connectivity index (χ3n) is 0. The molecule has 0 aromatic carbocycles. The Hall–Kier alpha value is 3.13. The van der Waals surface area contributed by atoms with Gasteiger partial charge in [-0.2, -0.15) is 0 Å². The number of rotatable bonds is 0. The molecule has 0 spiro atoms. The van der Waals surface area contributed by atoms with Gasteiger partial charge >= 0.3 is 100 Å². The molecule has 4 heteroatoms. The standard InChI is InChI=1S/Ba.K.H2O2.3H/c;;1-2;;;/h;;1-2H;;;. The van der Waals surface area contributed by atoms with Gasteiger partial charge in [-0.1, -0.05) is 0 Å². The van der Waals surface area contributed by atoms with Gasteiger partial charge < -0.3 is 0 Å². The van der Waals surface area contributed by atoms with Crippen molar-refractivity contribution in [1.82, 2.24) is 0 Å². The summed E-state index contributed by atoms with van der Waals surface area (Å²) in [6.45, 7) is 0. The fraction of sp³-hybridized carbons (Fsp3) is 0. The Bertz CT molecular complexity index is 6.00. The first kappa shape index (κ1) is 15.7. The molecule has 0 aliphatic heterocycles. The van der Waals surface area contributed by atoms with Crippen molar-refractivity contribution in [1.29, 1.82) is 0 Å². The molecule has 2 nitrogen and oxygen atoms in total. The van der Waals surface area contributed by atoms with E-state index in [0.29, 0.717) is 0 Å². The summed E-state index contributed by atoms with van der Waals surface area (Å²) in [5.41, 5.74) is 0. The van der Waals surface area contributed by atoms with Gasteiger partial charge in [0.15, 0.2) is 0 Å². The molecule has 0 saturated heterocycles. The fourth-order valence-corrected chi connectivity index (χ4v) is 0. The first-order chi connectivity index (χ1) is 1.00. The van der Waals surface area contributed by atoms with Gasteiger partial charge in [-0.15, -0.1) is 0 Å². The molecule has 0 aromatic heterocycles. The van der Waals surface area contributed by atoms with E-state index in [1.165, 1.54) is 0 Å². The Morgan fingerprint density at radius 3 is 1.00 bits per heavy atom. The molecule has 0 aromatic rings. The minimum absolute atomic E-state index is 0. The molecule has 4 heavy (non-hydrogen) atoms. The van der Waals surface area contributed by atoms with Crippen molar-refractivity contribution in [2.45, 2.75) is 0 Å². The monoisotopic (exact) mass is 214 g/mol. The molecule has 0 atom stereocenters. The normalized spacial score (nSPS) is 1.50. The zero-order valence-electron chi connectivity index (χ0n) is 0.894. The molecule has 0 radical (unpaired) electrons. The van der Waals surface area contributed by atoms with E-state index in [1.54, 1.807) is 0 Å². The Balaban J connectivity index is -0.00000000500. The zero-order valence-corrected chi connectivity index (χ0v) is 0.894.